The summed E-state index contributed by atoms with van der Waals surface area (Å²) in [6.45, 7) is 7.15. The van der Waals surface area contributed by atoms with Gasteiger partial charge in [-0.15, -0.1) is 0 Å². The Balaban J connectivity index is 1.70. The summed E-state index contributed by atoms with van der Waals surface area (Å²) in [5, 5.41) is 3.33. The zero-order valence-electron chi connectivity index (χ0n) is 17.2. The summed E-state index contributed by atoms with van der Waals surface area (Å²) in [5.74, 6) is 1.40. The highest BCUT2D eigenvalue weighted by Gasteiger charge is 2.26. The highest BCUT2D eigenvalue weighted by atomic mass is 79.9. The molecule has 0 aliphatic carbocycles. The van der Waals surface area contributed by atoms with Crippen molar-refractivity contribution in [1.82, 2.24) is 4.31 Å². The highest BCUT2D eigenvalue weighted by molar-refractivity contribution is 9.10. The smallest absolute Gasteiger partial charge is 0.243 e. The van der Waals surface area contributed by atoms with E-state index in [-0.39, 0.29) is 4.90 Å². The van der Waals surface area contributed by atoms with Gasteiger partial charge in [0.15, 0.2) is 11.5 Å². The van der Waals surface area contributed by atoms with Gasteiger partial charge in [0.2, 0.25) is 10.0 Å². The van der Waals surface area contributed by atoms with E-state index in [1.54, 1.807) is 24.3 Å². The van der Waals surface area contributed by atoms with E-state index in [1.807, 2.05) is 26.0 Å². The van der Waals surface area contributed by atoms with Crippen LogP contribution in [0.15, 0.2) is 45.8 Å². The van der Waals surface area contributed by atoms with E-state index >= 15 is 0 Å². The normalized spacial score (nSPS) is 15.0. The van der Waals surface area contributed by atoms with E-state index in [0.717, 1.165) is 15.7 Å². The van der Waals surface area contributed by atoms with Crippen LogP contribution in [0.2, 0.25) is 0 Å². The zero-order chi connectivity index (χ0) is 21.6. The standard InChI is InChI=1S/C21H27BrN2O5S/c1-3-28-20-13-16(19(22)14-21(20)29-4-2)15-23-17-5-7-18(8-6-17)30(25,26)24-9-11-27-12-10-24/h5-8,13-14,23H,3-4,9-12,15H2,1-2H3. The molecule has 9 heteroatoms. The summed E-state index contributed by atoms with van der Waals surface area (Å²) in [4.78, 5) is 0.288. The molecule has 164 valence electrons. The lowest BCUT2D eigenvalue weighted by Gasteiger charge is -2.26. The Hall–Kier alpha value is -1.81. The SMILES string of the molecule is CCOc1cc(Br)c(CNc2ccc(S(=O)(=O)N3CCOCC3)cc2)cc1OCC. The van der Waals surface area contributed by atoms with Crippen molar-refractivity contribution >= 4 is 31.6 Å². The predicted octanol–water partition coefficient (Wildman–Crippen LogP) is 3.88. The summed E-state index contributed by atoms with van der Waals surface area (Å²) >= 11 is 3.59. The maximum atomic E-state index is 12.7. The molecule has 0 atom stereocenters. The van der Waals surface area contributed by atoms with Gasteiger partial charge in [0.05, 0.1) is 31.3 Å². The van der Waals surface area contributed by atoms with Crippen LogP contribution in [0, 0.1) is 0 Å². The van der Waals surface area contributed by atoms with Crippen LogP contribution in [-0.4, -0.2) is 52.2 Å². The second kappa shape index (κ2) is 10.5. The van der Waals surface area contributed by atoms with Crippen LogP contribution >= 0.6 is 15.9 Å². The van der Waals surface area contributed by atoms with Crippen molar-refractivity contribution in [2.24, 2.45) is 0 Å². The van der Waals surface area contributed by atoms with Crippen molar-refractivity contribution in [3.05, 3.63) is 46.4 Å². The molecule has 1 fully saturated rings. The van der Waals surface area contributed by atoms with Gasteiger partial charge in [0.25, 0.3) is 0 Å². The van der Waals surface area contributed by atoms with Gasteiger partial charge in [-0.05, 0) is 55.8 Å². The summed E-state index contributed by atoms with van der Waals surface area (Å²) in [7, 11) is -3.49. The number of rotatable bonds is 9. The van der Waals surface area contributed by atoms with E-state index < -0.39 is 10.0 Å². The average molecular weight is 499 g/mol. The maximum Gasteiger partial charge on any atom is 0.243 e. The Labute approximate surface area is 186 Å². The second-order valence-electron chi connectivity index (χ2n) is 6.65. The molecule has 1 aliphatic rings. The van der Waals surface area contributed by atoms with Crippen LogP contribution in [-0.2, 0) is 21.3 Å². The van der Waals surface area contributed by atoms with Crippen LogP contribution in [0.5, 0.6) is 11.5 Å². The number of hydrogen-bond acceptors (Lipinski definition) is 6. The first-order valence-electron chi connectivity index (χ1n) is 9.95. The first kappa shape index (κ1) is 22.9. The number of nitrogens with one attached hydrogen (secondary N) is 1. The molecule has 0 radical (unpaired) electrons. The van der Waals surface area contributed by atoms with Crippen LogP contribution in [0.1, 0.15) is 19.4 Å². The number of morpholine rings is 1. The first-order chi connectivity index (χ1) is 14.5. The van der Waals surface area contributed by atoms with Crippen molar-refractivity contribution in [3.63, 3.8) is 0 Å². The molecule has 1 aliphatic heterocycles. The number of sulfonamides is 1. The Bertz CT molecular complexity index is 945. The third-order valence-electron chi connectivity index (χ3n) is 4.66. The molecule has 0 saturated carbocycles. The molecule has 1 heterocycles. The Morgan fingerprint density at radius 1 is 1.03 bits per heavy atom. The third-order valence-corrected chi connectivity index (χ3v) is 7.31. The van der Waals surface area contributed by atoms with Crippen molar-refractivity contribution in [1.29, 1.82) is 0 Å². The second-order valence-corrected chi connectivity index (χ2v) is 9.44. The third kappa shape index (κ3) is 5.46. The molecule has 0 spiro atoms. The van der Waals surface area contributed by atoms with Gasteiger partial charge in [-0.25, -0.2) is 8.42 Å². The fourth-order valence-electron chi connectivity index (χ4n) is 3.13. The molecule has 2 aromatic carbocycles. The highest BCUT2D eigenvalue weighted by Crippen LogP contribution is 2.34. The number of nitrogens with zero attached hydrogens (tertiary/aromatic N) is 1. The molecule has 0 unspecified atom stereocenters. The van der Waals surface area contributed by atoms with Crippen molar-refractivity contribution < 1.29 is 22.6 Å². The summed E-state index contributed by atoms with van der Waals surface area (Å²) in [5.41, 5.74) is 1.83. The Morgan fingerprint density at radius 2 is 1.63 bits per heavy atom. The van der Waals surface area contributed by atoms with E-state index in [2.05, 4.69) is 21.2 Å². The largest absolute Gasteiger partial charge is 0.490 e. The van der Waals surface area contributed by atoms with E-state index in [1.165, 1.54) is 4.31 Å². The molecular weight excluding hydrogens is 472 g/mol. The summed E-state index contributed by atoms with van der Waals surface area (Å²) < 4.78 is 44.4. The summed E-state index contributed by atoms with van der Waals surface area (Å²) in [6, 6.07) is 10.7. The fourth-order valence-corrected chi connectivity index (χ4v) is 5.00. The van der Waals surface area contributed by atoms with Gasteiger partial charge in [-0.1, -0.05) is 15.9 Å². The lowest BCUT2D eigenvalue weighted by Crippen LogP contribution is -2.40. The van der Waals surface area contributed by atoms with Gasteiger partial charge < -0.3 is 19.5 Å². The zero-order valence-corrected chi connectivity index (χ0v) is 19.6. The van der Waals surface area contributed by atoms with E-state index in [0.29, 0.717) is 57.6 Å². The average Bonchev–Trinajstić information content (AvgIpc) is 2.76. The van der Waals surface area contributed by atoms with E-state index in [9.17, 15) is 8.42 Å². The molecule has 3 rings (SSSR count). The van der Waals surface area contributed by atoms with Gasteiger partial charge in [0.1, 0.15) is 0 Å². The number of benzene rings is 2. The number of ether oxygens (including phenoxy) is 3. The van der Waals surface area contributed by atoms with Crippen molar-refractivity contribution in [3.8, 4) is 11.5 Å². The molecule has 0 bridgehead atoms. The molecular formula is C21H27BrN2O5S. The van der Waals surface area contributed by atoms with Gasteiger partial charge >= 0.3 is 0 Å². The topological polar surface area (TPSA) is 77.1 Å². The maximum absolute atomic E-state index is 12.7. The molecule has 1 N–H and O–H groups in total. The van der Waals surface area contributed by atoms with E-state index in [4.69, 9.17) is 14.2 Å². The minimum absolute atomic E-state index is 0.288. The minimum Gasteiger partial charge on any atom is -0.490 e. The lowest BCUT2D eigenvalue weighted by molar-refractivity contribution is 0.0730. The van der Waals surface area contributed by atoms with Crippen LogP contribution < -0.4 is 14.8 Å². The molecule has 1 saturated heterocycles. The number of hydrogen-bond donors (Lipinski definition) is 1. The quantitative estimate of drug-likeness (QED) is 0.565. The van der Waals surface area contributed by atoms with Gasteiger partial charge in [-0.2, -0.15) is 4.31 Å². The van der Waals surface area contributed by atoms with Crippen LogP contribution in [0.3, 0.4) is 0 Å². The predicted molar refractivity (Wildman–Crippen MR) is 120 cm³/mol. The van der Waals surface area contributed by atoms with Crippen LogP contribution in [0.25, 0.3) is 0 Å². The molecule has 2 aromatic rings. The first-order valence-corrected chi connectivity index (χ1v) is 12.2. The van der Waals surface area contributed by atoms with Crippen LogP contribution in [0.4, 0.5) is 5.69 Å². The molecule has 0 aromatic heterocycles. The van der Waals surface area contributed by atoms with Crippen molar-refractivity contribution in [2.75, 3.05) is 44.8 Å². The molecule has 7 nitrogen and oxygen atoms in total. The molecule has 30 heavy (non-hydrogen) atoms. The molecule has 0 amide bonds. The fraction of sp³-hybridized carbons (Fsp3) is 0.429. The Kier molecular flexibility index (Phi) is 7.99. The number of anilines is 1. The Morgan fingerprint density at radius 3 is 2.23 bits per heavy atom. The summed E-state index contributed by atoms with van der Waals surface area (Å²) in [6.07, 6.45) is 0. The lowest BCUT2D eigenvalue weighted by atomic mass is 10.2. The van der Waals surface area contributed by atoms with Crippen molar-refractivity contribution in [2.45, 2.75) is 25.3 Å². The number of halogens is 1. The minimum atomic E-state index is -3.49. The monoisotopic (exact) mass is 498 g/mol. The van der Waals surface area contributed by atoms with Gasteiger partial charge in [-0.3, -0.25) is 0 Å². The van der Waals surface area contributed by atoms with Gasteiger partial charge in [0, 0.05) is 29.8 Å².